The summed E-state index contributed by atoms with van der Waals surface area (Å²) in [5, 5.41) is 3.45. The molecule has 26 heavy (non-hydrogen) atoms. The quantitative estimate of drug-likeness (QED) is 0.669. The van der Waals surface area contributed by atoms with Gasteiger partial charge in [-0.2, -0.15) is 0 Å². The van der Waals surface area contributed by atoms with Crippen molar-refractivity contribution in [2.45, 2.75) is 45.4 Å². The summed E-state index contributed by atoms with van der Waals surface area (Å²) in [5.41, 5.74) is 6.01. The number of amidine groups is 1. The van der Waals surface area contributed by atoms with E-state index in [1.165, 1.54) is 55.2 Å². The zero-order valence-electron chi connectivity index (χ0n) is 15.4. The van der Waals surface area contributed by atoms with E-state index in [0.29, 0.717) is 0 Å². The summed E-state index contributed by atoms with van der Waals surface area (Å²) in [5.74, 6) is 1.81. The molecular weight excluding hydrogens is 340 g/mol. The Kier molecular flexibility index (Phi) is 6.16. The minimum atomic E-state index is 0. The third-order valence-electron chi connectivity index (χ3n) is 5.33. The predicted octanol–water partition coefficient (Wildman–Crippen LogP) is 6.38. The van der Waals surface area contributed by atoms with Gasteiger partial charge in [0.05, 0.1) is 5.69 Å². The van der Waals surface area contributed by atoms with Crippen LogP contribution >= 0.6 is 12.4 Å². The van der Waals surface area contributed by atoms with Gasteiger partial charge < -0.3 is 5.32 Å². The lowest BCUT2D eigenvalue weighted by Crippen LogP contribution is -2.17. The lowest BCUT2D eigenvalue weighted by Gasteiger charge is -2.21. The number of aliphatic imine (C=N–C) groups is 1. The molecule has 2 aromatic carbocycles. The summed E-state index contributed by atoms with van der Waals surface area (Å²) < 4.78 is 0. The van der Waals surface area contributed by atoms with E-state index in [-0.39, 0.29) is 12.4 Å². The Morgan fingerprint density at radius 3 is 2.54 bits per heavy atom. The Labute approximate surface area is 162 Å². The number of hydrogen-bond donors (Lipinski definition) is 1. The van der Waals surface area contributed by atoms with Gasteiger partial charge in [-0.3, -0.25) is 0 Å². The molecule has 2 nitrogen and oxygen atoms in total. The van der Waals surface area contributed by atoms with Crippen molar-refractivity contribution in [3.63, 3.8) is 0 Å². The largest absolute Gasteiger partial charge is 0.343 e. The average Bonchev–Trinajstić information content (AvgIpc) is 2.81. The van der Waals surface area contributed by atoms with Crippen molar-refractivity contribution in [2.24, 2.45) is 10.9 Å². The molecule has 0 bridgehead atoms. The highest BCUT2D eigenvalue weighted by molar-refractivity contribution is 5.99. The van der Waals surface area contributed by atoms with E-state index in [2.05, 4.69) is 53.9 Å². The van der Waals surface area contributed by atoms with Crippen LogP contribution in [0.1, 0.15) is 55.7 Å². The van der Waals surface area contributed by atoms with Crippen LogP contribution < -0.4 is 5.32 Å². The highest BCUT2D eigenvalue weighted by Gasteiger charge is 2.15. The van der Waals surface area contributed by atoms with Crippen molar-refractivity contribution in [1.29, 1.82) is 0 Å². The van der Waals surface area contributed by atoms with Crippen LogP contribution in [0.25, 0.3) is 11.8 Å². The van der Waals surface area contributed by atoms with Crippen LogP contribution in [-0.2, 0) is 6.42 Å². The molecule has 1 aliphatic heterocycles. The Balaban J connectivity index is 0.00000196. The Morgan fingerprint density at radius 1 is 1.00 bits per heavy atom. The van der Waals surface area contributed by atoms with Crippen LogP contribution in [0.2, 0.25) is 0 Å². The van der Waals surface area contributed by atoms with Crippen molar-refractivity contribution in [3.05, 3.63) is 65.2 Å². The molecule has 2 aromatic rings. The second-order valence-electron chi connectivity index (χ2n) is 7.35. The van der Waals surface area contributed by atoms with Crippen molar-refractivity contribution >= 4 is 35.7 Å². The lowest BCUT2D eigenvalue weighted by molar-refractivity contribution is 0.357. The molecule has 2 aliphatic rings. The first-order chi connectivity index (χ1) is 12.3. The van der Waals surface area contributed by atoms with E-state index in [1.807, 2.05) is 13.0 Å². The molecule has 0 atom stereocenters. The third-order valence-corrected chi connectivity index (χ3v) is 5.33. The van der Waals surface area contributed by atoms with Crippen LogP contribution in [0.4, 0.5) is 5.69 Å². The molecule has 1 heterocycles. The fourth-order valence-electron chi connectivity index (χ4n) is 4.03. The van der Waals surface area contributed by atoms with Crippen molar-refractivity contribution in [3.8, 4) is 0 Å². The monoisotopic (exact) mass is 366 g/mol. The Hall–Kier alpha value is -2.06. The van der Waals surface area contributed by atoms with Gasteiger partial charge in [0.1, 0.15) is 5.84 Å². The number of benzene rings is 2. The Morgan fingerprint density at radius 2 is 1.77 bits per heavy atom. The SMILES string of the molecule is CC1=Nc2cc(CC3CCCCC3)ccc2C=C(c2ccccc2)N1.Cl. The molecule has 0 radical (unpaired) electrons. The fourth-order valence-corrected chi connectivity index (χ4v) is 4.03. The van der Waals surface area contributed by atoms with Crippen LogP contribution in [0, 0.1) is 5.92 Å². The molecular formula is C23H27ClN2. The van der Waals surface area contributed by atoms with Crippen LogP contribution in [0.5, 0.6) is 0 Å². The maximum absolute atomic E-state index is 4.82. The molecule has 4 rings (SSSR count). The maximum atomic E-state index is 4.82. The van der Waals surface area contributed by atoms with Crippen LogP contribution in [0.15, 0.2) is 53.5 Å². The molecule has 136 valence electrons. The number of nitrogens with zero attached hydrogens (tertiary/aromatic N) is 1. The topological polar surface area (TPSA) is 24.4 Å². The smallest absolute Gasteiger partial charge is 0.103 e. The number of hydrogen-bond acceptors (Lipinski definition) is 2. The van der Waals surface area contributed by atoms with Gasteiger partial charge in [0.15, 0.2) is 0 Å². The number of fused-ring (bicyclic) bond motifs is 1. The third kappa shape index (κ3) is 4.37. The summed E-state index contributed by atoms with van der Waals surface area (Å²) in [7, 11) is 0. The summed E-state index contributed by atoms with van der Waals surface area (Å²) in [6, 6.07) is 17.3. The highest BCUT2D eigenvalue weighted by atomic mass is 35.5. The van der Waals surface area contributed by atoms with Gasteiger partial charge in [-0.15, -0.1) is 12.4 Å². The molecule has 3 heteroatoms. The first-order valence-electron chi connectivity index (χ1n) is 9.50. The van der Waals surface area contributed by atoms with Gasteiger partial charge >= 0.3 is 0 Å². The minimum absolute atomic E-state index is 0. The normalized spacial score (nSPS) is 17.1. The number of halogens is 1. The van der Waals surface area contributed by atoms with E-state index in [1.54, 1.807) is 0 Å². The summed E-state index contributed by atoms with van der Waals surface area (Å²) >= 11 is 0. The summed E-state index contributed by atoms with van der Waals surface area (Å²) in [6.07, 6.45) is 10.4. The van der Waals surface area contributed by atoms with Crippen molar-refractivity contribution in [1.82, 2.24) is 5.32 Å². The molecule has 0 amide bonds. The van der Waals surface area contributed by atoms with Crippen molar-refractivity contribution < 1.29 is 0 Å². The first kappa shape index (κ1) is 18.7. The molecule has 1 fully saturated rings. The highest BCUT2D eigenvalue weighted by Crippen LogP contribution is 2.31. The van der Waals surface area contributed by atoms with Gasteiger partial charge in [-0.05, 0) is 42.5 Å². The standard InChI is InChI=1S/C23H26N2.ClH/c1-17-24-22-15-19(14-18-8-4-2-5-9-18)12-13-21(22)16-23(25-17)20-10-6-3-7-11-20;/h3,6-7,10-13,15-16,18H,2,4-5,8-9,14H2,1H3,(H,24,25);1H. The number of nitrogens with one attached hydrogen (secondary N) is 1. The zero-order valence-corrected chi connectivity index (χ0v) is 16.2. The van der Waals surface area contributed by atoms with Gasteiger partial charge in [-0.25, -0.2) is 4.99 Å². The minimum Gasteiger partial charge on any atom is -0.343 e. The second-order valence-corrected chi connectivity index (χ2v) is 7.35. The van der Waals surface area contributed by atoms with E-state index < -0.39 is 0 Å². The van der Waals surface area contributed by atoms with Gasteiger partial charge in [0, 0.05) is 11.3 Å². The molecule has 0 spiro atoms. The van der Waals surface area contributed by atoms with E-state index >= 15 is 0 Å². The van der Waals surface area contributed by atoms with Gasteiger partial charge in [0.2, 0.25) is 0 Å². The predicted molar refractivity (Wildman–Crippen MR) is 114 cm³/mol. The zero-order chi connectivity index (χ0) is 17.1. The van der Waals surface area contributed by atoms with Crippen LogP contribution in [0.3, 0.4) is 0 Å². The van der Waals surface area contributed by atoms with Gasteiger partial charge in [0.25, 0.3) is 0 Å². The average molecular weight is 367 g/mol. The van der Waals surface area contributed by atoms with Crippen LogP contribution in [-0.4, -0.2) is 5.84 Å². The second kappa shape index (κ2) is 8.55. The lowest BCUT2D eigenvalue weighted by atomic mass is 9.84. The molecule has 0 saturated heterocycles. The molecule has 1 aliphatic carbocycles. The number of rotatable bonds is 3. The summed E-state index contributed by atoms with van der Waals surface area (Å²) in [4.78, 5) is 4.82. The Bertz CT molecular complexity index is 802. The van der Waals surface area contributed by atoms with Crippen molar-refractivity contribution in [2.75, 3.05) is 0 Å². The first-order valence-corrected chi connectivity index (χ1v) is 9.50. The van der Waals surface area contributed by atoms with E-state index in [0.717, 1.165) is 23.1 Å². The fraction of sp³-hybridized carbons (Fsp3) is 0.348. The maximum Gasteiger partial charge on any atom is 0.103 e. The molecule has 1 N–H and O–H groups in total. The van der Waals surface area contributed by atoms with Gasteiger partial charge in [-0.1, -0.05) is 74.6 Å². The molecule has 1 saturated carbocycles. The molecule has 0 unspecified atom stereocenters. The molecule has 0 aromatic heterocycles. The van der Waals surface area contributed by atoms with E-state index in [4.69, 9.17) is 4.99 Å². The van der Waals surface area contributed by atoms with E-state index in [9.17, 15) is 0 Å². The summed E-state index contributed by atoms with van der Waals surface area (Å²) in [6.45, 7) is 2.04.